The highest BCUT2D eigenvalue weighted by Crippen LogP contribution is 2.27. The van der Waals surface area contributed by atoms with Gasteiger partial charge in [-0.2, -0.15) is 31.3 Å². The predicted octanol–water partition coefficient (Wildman–Crippen LogP) is 5.81. The van der Waals surface area contributed by atoms with Crippen molar-refractivity contribution in [2.24, 2.45) is 0 Å². The van der Waals surface area contributed by atoms with Crippen molar-refractivity contribution in [1.82, 2.24) is 9.97 Å². The molecule has 0 unspecified atom stereocenters. The summed E-state index contributed by atoms with van der Waals surface area (Å²) in [5.74, 6) is -4.45. The number of fused-ring (bicyclic) bond motifs is 6. The van der Waals surface area contributed by atoms with Crippen LogP contribution in [-0.4, -0.2) is 44.5 Å². The Morgan fingerprint density at radius 3 is 1.92 bits per heavy atom. The lowest BCUT2D eigenvalue weighted by molar-refractivity contribution is -0.193. The van der Waals surface area contributed by atoms with Crippen molar-refractivity contribution in [3.63, 3.8) is 0 Å². The number of alkyl halides is 6. The number of anilines is 5. The first kappa shape index (κ1) is 29.0. The lowest BCUT2D eigenvalue weighted by Gasteiger charge is -2.10. The molecule has 3 aromatic rings. The van der Waals surface area contributed by atoms with Crippen LogP contribution in [-0.2, 0) is 16.1 Å². The van der Waals surface area contributed by atoms with Crippen LogP contribution in [0.5, 0.6) is 0 Å². The third-order valence-electron chi connectivity index (χ3n) is 4.03. The molecular weight excluding hydrogens is 536 g/mol. The Morgan fingerprint density at radius 2 is 1.35 bits per heavy atom. The Bertz CT molecular complexity index is 1230. The first-order chi connectivity index (χ1) is 17.1. The number of halogens is 7. The van der Waals surface area contributed by atoms with E-state index in [1.54, 1.807) is 6.20 Å². The van der Waals surface area contributed by atoms with Crippen molar-refractivity contribution < 1.29 is 46.1 Å². The van der Waals surface area contributed by atoms with Crippen LogP contribution in [0.3, 0.4) is 0 Å². The van der Waals surface area contributed by atoms with Gasteiger partial charge in [-0.3, -0.25) is 0 Å². The Kier molecular flexibility index (Phi) is 9.48. The highest BCUT2D eigenvalue weighted by molar-refractivity contribution is 6.32. The number of hydrogen-bond acceptors (Lipinski definition) is 7. The first-order valence-electron chi connectivity index (χ1n) is 9.75. The summed E-state index contributed by atoms with van der Waals surface area (Å²) in [7, 11) is 0. The smallest absolute Gasteiger partial charge is 0.475 e. The highest BCUT2D eigenvalue weighted by Gasteiger charge is 2.38. The Hall–Kier alpha value is -4.27. The van der Waals surface area contributed by atoms with Crippen molar-refractivity contribution in [2.75, 3.05) is 16.0 Å². The van der Waals surface area contributed by atoms with Crippen molar-refractivity contribution in [3.05, 3.63) is 65.3 Å². The molecule has 0 aliphatic carbocycles. The fraction of sp³-hybridized carbons (Fsp3) is 0.143. The van der Waals surface area contributed by atoms with E-state index in [0.717, 1.165) is 23.6 Å². The molecule has 0 amide bonds. The van der Waals surface area contributed by atoms with Crippen molar-refractivity contribution in [3.8, 4) is 0 Å². The molecule has 1 aromatic heterocycles. The minimum Gasteiger partial charge on any atom is -0.475 e. The second-order valence-corrected chi connectivity index (χ2v) is 7.29. The van der Waals surface area contributed by atoms with Gasteiger partial charge in [-0.15, -0.1) is 0 Å². The SMILES string of the molecule is Clc1cnc2nc1Nc1cccc(c1)NCc1cccc(c1)N2.O=C(O)C(F)(F)F.O=C(O)C(F)(F)F. The van der Waals surface area contributed by atoms with Gasteiger partial charge in [-0.1, -0.05) is 29.8 Å². The van der Waals surface area contributed by atoms with Crippen molar-refractivity contribution in [1.29, 1.82) is 0 Å². The maximum atomic E-state index is 10.6. The van der Waals surface area contributed by atoms with E-state index in [0.29, 0.717) is 16.8 Å². The molecule has 6 bridgehead atoms. The molecule has 0 fully saturated rings. The average molecular weight is 552 g/mol. The summed E-state index contributed by atoms with van der Waals surface area (Å²) in [6, 6.07) is 16.1. The molecule has 9 nitrogen and oxygen atoms in total. The molecule has 16 heteroatoms. The third kappa shape index (κ3) is 9.71. The van der Waals surface area contributed by atoms with Gasteiger partial charge in [0.1, 0.15) is 5.02 Å². The van der Waals surface area contributed by atoms with Crippen molar-refractivity contribution in [2.45, 2.75) is 18.9 Å². The number of benzene rings is 2. The van der Waals surface area contributed by atoms with Gasteiger partial charge >= 0.3 is 24.3 Å². The second-order valence-electron chi connectivity index (χ2n) is 6.88. The van der Waals surface area contributed by atoms with Gasteiger partial charge in [-0.05, 0) is 35.9 Å². The minimum atomic E-state index is -5.08. The number of nitrogens with zero attached hydrogens (tertiary/aromatic N) is 2. The second kappa shape index (κ2) is 12.1. The zero-order valence-electron chi connectivity index (χ0n) is 18.2. The van der Waals surface area contributed by atoms with Crippen molar-refractivity contribution >= 4 is 52.4 Å². The maximum absolute atomic E-state index is 10.6. The topological polar surface area (TPSA) is 136 Å². The molecule has 1 aliphatic heterocycles. The largest absolute Gasteiger partial charge is 0.490 e. The van der Waals surface area contributed by atoms with Crippen LogP contribution < -0.4 is 16.0 Å². The number of carboxylic acids is 2. The van der Waals surface area contributed by atoms with Crippen LogP contribution in [0.25, 0.3) is 0 Å². The number of nitrogens with one attached hydrogen (secondary N) is 3. The van der Waals surface area contributed by atoms with E-state index < -0.39 is 24.3 Å². The highest BCUT2D eigenvalue weighted by atomic mass is 35.5. The quantitative estimate of drug-likeness (QED) is 0.219. The fourth-order valence-electron chi connectivity index (χ4n) is 2.45. The van der Waals surface area contributed by atoms with Crippen LogP contribution >= 0.6 is 11.6 Å². The number of hydrogen-bond donors (Lipinski definition) is 5. The van der Waals surface area contributed by atoms with E-state index in [9.17, 15) is 26.3 Å². The molecule has 5 N–H and O–H groups in total. The lowest BCUT2D eigenvalue weighted by atomic mass is 10.2. The number of carbonyl (C=O) groups is 2. The van der Waals surface area contributed by atoms with E-state index in [2.05, 4.69) is 38.1 Å². The molecule has 0 saturated carbocycles. The van der Waals surface area contributed by atoms with E-state index in [-0.39, 0.29) is 0 Å². The van der Waals surface area contributed by atoms with Gasteiger partial charge < -0.3 is 26.2 Å². The van der Waals surface area contributed by atoms with Gasteiger partial charge in [0.2, 0.25) is 5.95 Å². The zero-order chi connectivity index (χ0) is 27.8. The van der Waals surface area contributed by atoms with Gasteiger partial charge in [0.05, 0.1) is 6.20 Å². The molecule has 4 rings (SSSR count). The summed E-state index contributed by atoms with van der Waals surface area (Å²) in [4.78, 5) is 26.5. The molecule has 0 spiro atoms. The van der Waals surface area contributed by atoms with Crippen LogP contribution in [0, 0.1) is 0 Å². The monoisotopic (exact) mass is 551 g/mol. The molecule has 37 heavy (non-hydrogen) atoms. The van der Waals surface area contributed by atoms with Crippen LogP contribution in [0.4, 0.5) is 55.2 Å². The van der Waals surface area contributed by atoms with E-state index in [4.69, 9.17) is 31.4 Å². The number of aromatic nitrogens is 2. The van der Waals surface area contributed by atoms with Crippen LogP contribution in [0.1, 0.15) is 5.56 Å². The molecule has 2 aromatic carbocycles. The normalized spacial score (nSPS) is 12.1. The van der Waals surface area contributed by atoms with E-state index in [1.165, 1.54) is 5.56 Å². The minimum absolute atomic E-state index is 0.470. The molecule has 1 aliphatic rings. The van der Waals surface area contributed by atoms with E-state index in [1.807, 2.05) is 36.4 Å². The van der Waals surface area contributed by atoms with E-state index >= 15 is 0 Å². The summed E-state index contributed by atoms with van der Waals surface area (Å²) in [5, 5.41) is 24.6. The summed E-state index contributed by atoms with van der Waals surface area (Å²) in [6.45, 7) is 0.734. The van der Waals surface area contributed by atoms with Gasteiger partial charge in [0.15, 0.2) is 5.82 Å². The molecule has 0 radical (unpaired) electrons. The lowest BCUT2D eigenvalue weighted by Crippen LogP contribution is -2.21. The molecule has 0 atom stereocenters. The summed E-state index contributed by atoms with van der Waals surface area (Å²) < 4.78 is 63.5. The summed E-state index contributed by atoms with van der Waals surface area (Å²) in [6.07, 6.45) is -8.58. The summed E-state index contributed by atoms with van der Waals surface area (Å²) in [5.41, 5.74) is 4.04. The van der Waals surface area contributed by atoms with Crippen LogP contribution in [0.2, 0.25) is 5.02 Å². The number of rotatable bonds is 0. The number of aliphatic carboxylic acids is 2. The van der Waals surface area contributed by atoms with Crippen LogP contribution in [0.15, 0.2) is 54.7 Å². The Balaban J connectivity index is 0.000000286. The molecule has 0 saturated heterocycles. The zero-order valence-corrected chi connectivity index (χ0v) is 18.9. The van der Waals surface area contributed by atoms with Gasteiger partial charge in [-0.25, -0.2) is 14.6 Å². The molecule has 2 heterocycles. The first-order valence-corrected chi connectivity index (χ1v) is 10.1. The molecule has 198 valence electrons. The Labute approximate surface area is 209 Å². The average Bonchev–Trinajstić information content (AvgIpc) is 2.80. The fourth-order valence-corrected chi connectivity index (χ4v) is 2.59. The Morgan fingerprint density at radius 1 is 0.838 bits per heavy atom. The number of carboxylic acid groups (broad SMARTS) is 2. The predicted molar refractivity (Wildman–Crippen MR) is 121 cm³/mol. The maximum Gasteiger partial charge on any atom is 0.490 e. The standard InChI is InChI=1S/C17H14ClN5.2C2HF3O2/c18-15-10-20-17-22-13-5-1-3-11(7-13)9-19-12-4-2-6-14(8-12)21-16(15)23-17;2*3-2(4,5)1(6)7/h1-8,10,19H,9H2,(H2,20,21,22,23);2*(H,6,7). The van der Waals surface area contributed by atoms with Gasteiger partial charge in [0.25, 0.3) is 0 Å². The summed E-state index contributed by atoms with van der Waals surface area (Å²) >= 11 is 6.20. The third-order valence-corrected chi connectivity index (χ3v) is 4.31. The molecular formula is C21H16ClF6N5O4. The van der Waals surface area contributed by atoms with Gasteiger partial charge in [0, 0.05) is 23.6 Å².